The number of aromatic amines is 1. The first-order valence-electron chi connectivity index (χ1n) is 13.8. The Morgan fingerprint density at radius 1 is 1.15 bits per heavy atom. The number of likely N-dealkylation sites (tertiary alicyclic amines) is 1. The zero-order chi connectivity index (χ0) is 26.5. The summed E-state index contributed by atoms with van der Waals surface area (Å²) in [5, 5.41) is 0.609. The first-order chi connectivity index (χ1) is 19.1. The van der Waals surface area contributed by atoms with Gasteiger partial charge in [0.2, 0.25) is 0 Å². The van der Waals surface area contributed by atoms with Crippen LogP contribution in [0.5, 0.6) is 5.75 Å². The van der Waals surface area contributed by atoms with Crippen LogP contribution in [0.1, 0.15) is 37.7 Å². The van der Waals surface area contributed by atoms with Crippen molar-refractivity contribution in [3.63, 3.8) is 0 Å². The first-order valence-corrected chi connectivity index (χ1v) is 14.6. The van der Waals surface area contributed by atoms with Crippen LogP contribution in [0.25, 0.3) is 32.4 Å². The summed E-state index contributed by atoms with van der Waals surface area (Å²) >= 11 is 1.39. The number of nitrogens with zero attached hydrogens (tertiary/aromatic N) is 3. The molecule has 2 aromatic carbocycles. The molecule has 3 atom stereocenters. The number of ether oxygens (including phenoxy) is 3. The Bertz CT molecular complexity index is 1660. The predicted octanol–water partition coefficient (Wildman–Crippen LogP) is 3.91. The zero-order valence-corrected chi connectivity index (χ0v) is 22.8. The van der Waals surface area contributed by atoms with Gasteiger partial charge in [-0.25, -0.2) is 4.98 Å². The molecule has 3 aliphatic rings. The fraction of sp³-hybridized carbons (Fsp3) is 0.483. The van der Waals surface area contributed by atoms with Crippen molar-refractivity contribution in [2.24, 2.45) is 0 Å². The summed E-state index contributed by atoms with van der Waals surface area (Å²) in [6.07, 6.45) is 4.88. The Morgan fingerprint density at radius 3 is 2.97 bits per heavy atom. The van der Waals surface area contributed by atoms with Crippen molar-refractivity contribution in [1.29, 1.82) is 0 Å². The summed E-state index contributed by atoms with van der Waals surface area (Å²) < 4.78 is 20.7. The van der Waals surface area contributed by atoms with Crippen molar-refractivity contribution < 1.29 is 14.2 Å². The van der Waals surface area contributed by atoms with Crippen molar-refractivity contribution >= 4 is 32.7 Å². The van der Waals surface area contributed by atoms with Crippen LogP contribution in [-0.2, 0) is 22.6 Å². The molecule has 1 unspecified atom stereocenters. The number of hydrogen-bond donors (Lipinski definition) is 1. The lowest BCUT2D eigenvalue weighted by atomic mass is 10.0. The Hall–Kier alpha value is -3.05. The van der Waals surface area contributed by atoms with Gasteiger partial charge < -0.3 is 19.2 Å². The number of H-pyrrole nitrogens is 1. The van der Waals surface area contributed by atoms with E-state index in [2.05, 4.69) is 16.0 Å². The molecule has 2 saturated heterocycles. The number of benzene rings is 2. The topological polar surface area (TPSA) is 98.7 Å². The Labute approximate surface area is 229 Å². The van der Waals surface area contributed by atoms with Gasteiger partial charge in [0.15, 0.2) is 0 Å². The van der Waals surface area contributed by atoms with Crippen molar-refractivity contribution in [3.05, 3.63) is 56.6 Å². The molecule has 204 valence electrons. The lowest BCUT2D eigenvalue weighted by Crippen LogP contribution is -2.41. The lowest BCUT2D eigenvalue weighted by molar-refractivity contribution is 0.0599. The maximum atomic E-state index is 13.5. The molecule has 3 aliphatic heterocycles. The molecule has 2 aromatic heterocycles. The summed E-state index contributed by atoms with van der Waals surface area (Å²) in [4.78, 5) is 37.1. The van der Waals surface area contributed by atoms with Crippen LogP contribution < -0.4 is 15.9 Å². The van der Waals surface area contributed by atoms with E-state index in [1.54, 1.807) is 11.1 Å². The number of aromatic nitrogens is 3. The smallest absolute Gasteiger partial charge is 0.275 e. The third-order valence-electron chi connectivity index (χ3n) is 8.24. The molecule has 39 heavy (non-hydrogen) atoms. The van der Waals surface area contributed by atoms with Gasteiger partial charge >= 0.3 is 0 Å². The van der Waals surface area contributed by atoms with Crippen LogP contribution >= 0.6 is 11.5 Å². The number of nitrogens with one attached hydrogen (secondary N) is 1. The Morgan fingerprint density at radius 2 is 2.08 bits per heavy atom. The van der Waals surface area contributed by atoms with E-state index in [1.165, 1.54) is 24.4 Å². The van der Waals surface area contributed by atoms with Crippen LogP contribution in [0.3, 0.4) is 0 Å². The van der Waals surface area contributed by atoms with Crippen molar-refractivity contribution in [1.82, 2.24) is 18.8 Å². The molecule has 0 saturated carbocycles. The zero-order valence-electron chi connectivity index (χ0n) is 22.0. The third-order valence-corrected chi connectivity index (χ3v) is 9.43. The summed E-state index contributed by atoms with van der Waals surface area (Å²) in [6, 6.07) is 9.97. The Kier molecular flexibility index (Phi) is 6.50. The molecule has 4 aromatic rings. The largest absolute Gasteiger partial charge is 0.486 e. The highest BCUT2D eigenvalue weighted by atomic mass is 32.1. The molecule has 0 spiro atoms. The highest BCUT2D eigenvalue weighted by Crippen LogP contribution is 2.34. The fourth-order valence-corrected chi connectivity index (χ4v) is 7.40. The van der Waals surface area contributed by atoms with E-state index in [9.17, 15) is 9.59 Å². The molecule has 6 bridgehead atoms. The molecule has 2 fully saturated rings. The molecular formula is C29H32N4O5S. The van der Waals surface area contributed by atoms with Gasteiger partial charge in [-0.2, -0.15) is 0 Å². The number of rotatable bonds is 4. The van der Waals surface area contributed by atoms with E-state index in [1.807, 2.05) is 24.3 Å². The maximum Gasteiger partial charge on any atom is 0.275 e. The van der Waals surface area contributed by atoms with Crippen LogP contribution in [0.4, 0.5) is 0 Å². The lowest BCUT2D eigenvalue weighted by Gasteiger charge is -2.35. The second-order valence-electron chi connectivity index (χ2n) is 10.9. The van der Waals surface area contributed by atoms with Gasteiger partial charge in [0.25, 0.3) is 11.1 Å². The summed E-state index contributed by atoms with van der Waals surface area (Å²) in [6.45, 7) is 3.52. The minimum atomic E-state index is -0.280. The third kappa shape index (κ3) is 4.59. The van der Waals surface area contributed by atoms with E-state index in [0.29, 0.717) is 59.2 Å². The number of hydrogen-bond acceptors (Lipinski definition) is 8. The normalized spacial score (nSPS) is 23.5. The van der Waals surface area contributed by atoms with E-state index >= 15 is 0 Å². The maximum absolute atomic E-state index is 13.5. The monoisotopic (exact) mass is 548 g/mol. The summed E-state index contributed by atoms with van der Waals surface area (Å²) in [7, 11) is 1.76. The predicted molar refractivity (Wildman–Crippen MR) is 151 cm³/mol. The molecule has 9 nitrogen and oxygen atoms in total. The van der Waals surface area contributed by atoms with Gasteiger partial charge in [-0.15, -0.1) is 0 Å². The van der Waals surface area contributed by atoms with E-state index < -0.39 is 0 Å². The van der Waals surface area contributed by atoms with Crippen LogP contribution in [0, 0.1) is 0 Å². The van der Waals surface area contributed by atoms with Crippen LogP contribution in [0.15, 0.2) is 39.9 Å². The van der Waals surface area contributed by atoms with E-state index in [0.717, 1.165) is 42.6 Å². The summed E-state index contributed by atoms with van der Waals surface area (Å²) in [5.74, 6) is 0.657. The number of piperidine rings is 1. The second kappa shape index (κ2) is 10.2. The van der Waals surface area contributed by atoms with Crippen LogP contribution in [-0.4, -0.2) is 63.9 Å². The molecular weight excluding hydrogens is 516 g/mol. The minimum Gasteiger partial charge on any atom is -0.486 e. The standard InChI is InChI=1S/C29H32N4O5S/c1-36-15-18-5-2-3-9-32(18)14-17-11-23-26-24(12-17)38-20-13-19(37-16-20)8-10-33-29(35)22-7-4-6-21(27(22)39-33)25(31-26)28(34)30-23/h4,6-7,11-12,18-20H,2-3,5,8-10,13-16H2,1H3,(H,30,34)/t18?,19-,20+/m1/s1. The second-order valence-corrected chi connectivity index (χ2v) is 11.9. The molecule has 10 heteroatoms. The molecule has 0 radical (unpaired) electrons. The molecule has 1 N–H and O–H groups in total. The minimum absolute atomic E-state index is 0.0236. The van der Waals surface area contributed by atoms with Gasteiger partial charge in [0, 0.05) is 38.2 Å². The summed E-state index contributed by atoms with van der Waals surface area (Å²) in [5.41, 5.74) is 2.98. The van der Waals surface area contributed by atoms with Gasteiger partial charge in [0.1, 0.15) is 23.1 Å². The van der Waals surface area contributed by atoms with Gasteiger partial charge in [-0.3, -0.25) is 18.4 Å². The van der Waals surface area contributed by atoms with E-state index in [4.69, 9.17) is 19.2 Å². The average Bonchev–Trinajstić information content (AvgIpc) is 3.51. The number of methoxy groups -OCH3 is 1. The van der Waals surface area contributed by atoms with Crippen molar-refractivity contribution in [2.75, 3.05) is 26.9 Å². The van der Waals surface area contributed by atoms with Gasteiger partial charge in [-0.05, 0) is 49.6 Å². The highest BCUT2D eigenvalue weighted by Gasteiger charge is 2.29. The molecule has 0 amide bonds. The number of aryl methyl sites for hydroxylation is 1. The first kappa shape index (κ1) is 25.0. The molecule has 7 rings (SSSR count). The van der Waals surface area contributed by atoms with Gasteiger partial charge in [0.05, 0.1) is 34.9 Å². The highest BCUT2D eigenvalue weighted by molar-refractivity contribution is 7.14. The average molecular weight is 549 g/mol. The molecule has 0 aliphatic carbocycles. The van der Waals surface area contributed by atoms with Crippen molar-refractivity contribution in [2.45, 2.75) is 63.4 Å². The molecule has 5 heterocycles. The number of fused-ring (bicyclic) bond motifs is 5. The van der Waals surface area contributed by atoms with E-state index in [-0.39, 0.29) is 23.3 Å². The quantitative estimate of drug-likeness (QED) is 0.413. The fourth-order valence-electron chi connectivity index (χ4n) is 6.29. The SMILES string of the molecule is COCC1CCCCN1Cc1cc2c3nc(c(=O)[nH]c3c1)-c1cccc3c(=O)n(sc13)CC[C@@H]1C[C@@H](CO1)O2. The Balaban J connectivity index is 1.38. The van der Waals surface area contributed by atoms with Crippen LogP contribution in [0.2, 0.25) is 0 Å². The van der Waals surface area contributed by atoms with Crippen molar-refractivity contribution in [3.8, 4) is 17.0 Å². The van der Waals surface area contributed by atoms with Gasteiger partial charge in [-0.1, -0.05) is 30.1 Å².